The molecule has 4 rings (SSSR count). The molecule has 0 saturated carbocycles. The molecule has 1 amide bonds. The Bertz CT molecular complexity index is 744. The minimum absolute atomic E-state index is 0.0738. The minimum Gasteiger partial charge on any atom is -0.368 e. The third-order valence-corrected chi connectivity index (χ3v) is 4.49. The molecule has 0 aliphatic carbocycles. The van der Waals surface area contributed by atoms with Gasteiger partial charge in [0.05, 0.1) is 0 Å². The Morgan fingerprint density at radius 3 is 2.96 bits per heavy atom. The first kappa shape index (κ1) is 14.4. The zero-order valence-corrected chi connectivity index (χ0v) is 13.3. The molecular weight excluding hydrogens is 298 g/mol. The van der Waals surface area contributed by atoms with Crippen LogP contribution in [0.5, 0.6) is 0 Å². The van der Waals surface area contributed by atoms with Gasteiger partial charge in [-0.2, -0.15) is 10.1 Å². The Hall–Kier alpha value is -2.22. The molecule has 2 aromatic rings. The molecule has 0 unspecified atom stereocenters. The second-order valence-corrected chi connectivity index (χ2v) is 6.06. The summed E-state index contributed by atoms with van der Waals surface area (Å²) in [5.74, 6) is 1.05. The number of aryl methyl sites for hydroxylation is 2. The van der Waals surface area contributed by atoms with Gasteiger partial charge in [0.2, 0.25) is 0 Å². The van der Waals surface area contributed by atoms with Crippen molar-refractivity contribution in [2.45, 2.75) is 38.8 Å². The van der Waals surface area contributed by atoms with Gasteiger partial charge >= 0.3 is 0 Å². The standard InChI is InChI=1S/C15H19N5O3/c1-9-16-14(23-18-9)13-10-8-20(6-5-11(10)19(2)17-13)15(21)12-4-3-7-22-12/h12H,3-8H2,1-2H3/t12-/m1/s1. The smallest absolute Gasteiger partial charge is 0.278 e. The maximum absolute atomic E-state index is 12.6. The number of rotatable bonds is 2. The van der Waals surface area contributed by atoms with Crippen molar-refractivity contribution in [3.63, 3.8) is 0 Å². The minimum atomic E-state index is -0.290. The van der Waals surface area contributed by atoms with Crippen molar-refractivity contribution < 1.29 is 14.1 Å². The Morgan fingerprint density at radius 2 is 2.26 bits per heavy atom. The topological polar surface area (TPSA) is 86.3 Å². The van der Waals surface area contributed by atoms with Crippen LogP contribution in [0.3, 0.4) is 0 Å². The highest BCUT2D eigenvalue weighted by molar-refractivity contribution is 5.81. The van der Waals surface area contributed by atoms with Crippen molar-refractivity contribution in [1.29, 1.82) is 0 Å². The largest absolute Gasteiger partial charge is 0.368 e. The van der Waals surface area contributed by atoms with E-state index in [1.807, 2.05) is 16.6 Å². The van der Waals surface area contributed by atoms with Crippen molar-refractivity contribution in [2.75, 3.05) is 13.2 Å². The highest BCUT2D eigenvalue weighted by Crippen LogP contribution is 2.29. The van der Waals surface area contributed by atoms with E-state index in [9.17, 15) is 4.79 Å². The van der Waals surface area contributed by atoms with E-state index in [1.54, 1.807) is 6.92 Å². The van der Waals surface area contributed by atoms with Crippen LogP contribution in [0.15, 0.2) is 4.52 Å². The van der Waals surface area contributed by atoms with E-state index < -0.39 is 0 Å². The lowest BCUT2D eigenvalue weighted by atomic mass is 10.0. The molecule has 8 nitrogen and oxygen atoms in total. The normalized spacial score (nSPS) is 20.8. The first-order chi connectivity index (χ1) is 11.1. The number of nitrogens with zero attached hydrogens (tertiary/aromatic N) is 5. The summed E-state index contributed by atoms with van der Waals surface area (Å²) in [6.45, 7) is 3.65. The van der Waals surface area contributed by atoms with E-state index in [4.69, 9.17) is 9.26 Å². The molecule has 2 aliphatic heterocycles. The summed E-state index contributed by atoms with van der Waals surface area (Å²) in [6.07, 6.45) is 2.24. The van der Waals surface area contributed by atoms with Crippen LogP contribution in [0.25, 0.3) is 11.6 Å². The van der Waals surface area contributed by atoms with Gasteiger partial charge in [-0.15, -0.1) is 0 Å². The summed E-state index contributed by atoms with van der Waals surface area (Å²) in [5, 5.41) is 8.35. The number of aromatic nitrogens is 4. The summed E-state index contributed by atoms with van der Waals surface area (Å²) in [7, 11) is 1.91. The van der Waals surface area contributed by atoms with Gasteiger partial charge in [-0.25, -0.2) is 0 Å². The number of ether oxygens (including phenoxy) is 1. The lowest BCUT2D eigenvalue weighted by molar-refractivity contribution is -0.141. The van der Waals surface area contributed by atoms with Crippen LogP contribution in [0.1, 0.15) is 29.9 Å². The quantitative estimate of drug-likeness (QED) is 0.816. The van der Waals surface area contributed by atoms with Crippen LogP contribution in [-0.2, 0) is 29.5 Å². The Labute approximate surface area is 133 Å². The Kier molecular flexibility index (Phi) is 3.41. The number of carbonyl (C=O) groups excluding carboxylic acids is 1. The van der Waals surface area contributed by atoms with Gasteiger partial charge in [-0.1, -0.05) is 5.16 Å². The number of hydrogen-bond donors (Lipinski definition) is 0. The molecule has 0 N–H and O–H groups in total. The molecule has 1 atom stereocenters. The first-order valence-electron chi connectivity index (χ1n) is 7.89. The average molecular weight is 317 g/mol. The average Bonchev–Trinajstić information content (AvgIpc) is 3.27. The molecular formula is C15H19N5O3. The van der Waals surface area contributed by atoms with Gasteiger partial charge in [-0.3, -0.25) is 9.48 Å². The second-order valence-electron chi connectivity index (χ2n) is 6.06. The second kappa shape index (κ2) is 5.45. The fraction of sp³-hybridized carbons (Fsp3) is 0.600. The molecule has 0 bridgehead atoms. The van der Waals surface area contributed by atoms with Gasteiger partial charge < -0.3 is 14.2 Å². The van der Waals surface area contributed by atoms with Crippen LogP contribution in [-0.4, -0.2) is 50.0 Å². The molecule has 0 spiro atoms. The van der Waals surface area contributed by atoms with Crippen molar-refractivity contribution in [1.82, 2.24) is 24.8 Å². The lowest BCUT2D eigenvalue weighted by Gasteiger charge is -2.29. The SMILES string of the molecule is Cc1noc(-c2nn(C)c3c2CN(C(=O)[C@H]2CCCO2)CC3)n1. The molecule has 0 radical (unpaired) electrons. The van der Waals surface area contributed by atoms with Crippen LogP contribution >= 0.6 is 0 Å². The molecule has 1 fully saturated rings. The van der Waals surface area contributed by atoms with Crippen LogP contribution in [0.2, 0.25) is 0 Å². The molecule has 2 aromatic heterocycles. The Balaban J connectivity index is 1.64. The van der Waals surface area contributed by atoms with Gasteiger partial charge in [0.1, 0.15) is 6.10 Å². The fourth-order valence-electron chi connectivity index (χ4n) is 3.32. The Morgan fingerprint density at radius 1 is 1.39 bits per heavy atom. The van der Waals surface area contributed by atoms with Gasteiger partial charge in [0.25, 0.3) is 11.8 Å². The fourth-order valence-corrected chi connectivity index (χ4v) is 3.32. The van der Waals surface area contributed by atoms with Gasteiger partial charge in [-0.05, 0) is 19.8 Å². The van der Waals surface area contributed by atoms with Crippen LogP contribution in [0, 0.1) is 6.92 Å². The monoisotopic (exact) mass is 317 g/mol. The highest BCUT2D eigenvalue weighted by atomic mass is 16.5. The maximum atomic E-state index is 12.6. The summed E-state index contributed by atoms with van der Waals surface area (Å²) < 4.78 is 12.6. The van der Waals surface area contributed by atoms with E-state index in [0.29, 0.717) is 37.1 Å². The first-order valence-corrected chi connectivity index (χ1v) is 7.89. The number of fused-ring (bicyclic) bond motifs is 1. The summed E-state index contributed by atoms with van der Waals surface area (Å²) in [6, 6.07) is 0. The third-order valence-electron chi connectivity index (χ3n) is 4.49. The number of hydrogen-bond acceptors (Lipinski definition) is 6. The number of carbonyl (C=O) groups is 1. The predicted molar refractivity (Wildman–Crippen MR) is 79.3 cm³/mol. The van der Waals surface area contributed by atoms with Gasteiger partial charge in [0, 0.05) is 44.4 Å². The summed E-state index contributed by atoms with van der Waals surface area (Å²) in [5.41, 5.74) is 2.79. The van der Waals surface area contributed by atoms with E-state index in [2.05, 4.69) is 15.2 Å². The third kappa shape index (κ3) is 2.42. The molecule has 122 valence electrons. The summed E-state index contributed by atoms with van der Waals surface area (Å²) in [4.78, 5) is 18.7. The van der Waals surface area contributed by atoms with Crippen molar-refractivity contribution in [3.05, 3.63) is 17.1 Å². The molecule has 1 saturated heterocycles. The molecule has 2 aliphatic rings. The predicted octanol–water partition coefficient (Wildman–Crippen LogP) is 0.842. The molecule has 8 heteroatoms. The van der Waals surface area contributed by atoms with Crippen LogP contribution in [0.4, 0.5) is 0 Å². The van der Waals surface area contributed by atoms with E-state index in [-0.39, 0.29) is 12.0 Å². The van der Waals surface area contributed by atoms with E-state index in [1.165, 1.54) is 0 Å². The number of amides is 1. The van der Waals surface area contributed by atoms with E-state index >= 15 is 0 Å². The van der Waals surface area contributed by atoms with Crippen molar-refractivity contribution in [2.24, 2.45) is 7.05 Å². The zero-order valence-electron chi connectivity index (χ0n) is 13.3. The van der Waals surface area contributed by atoms with Crippen LogP contribution < -0.4 is 0 Å². The molecule has 4 heterocycles. The van der Waals surface area contributed by atoms with Gasteiger partial charge in [0.15, 0.2) is 11.5 Å². The van der Waals surface area contributed by atoms with E-state index in [0.717, 1.165) is 30.5 Å². The van der Waals surface area contributed by atoms with Crippen molar-refractivity contribution >= 4 is 5.91 Å². The summed E-state index contributed by atoms with van der Waals surface area (Å²) >= 11 is 0. The zero-order chi connectivity index (χ0) is 16.0. The highest BCUT2D eigenvalue weighted by Gasteiger charge is 2.33. The molecule has 0 aromatic carbocycles. The molecule has 23 heavy (non-hydrogen) atoms. The van der Waals surface area contributed by atoms with Crippen molar-refractivity contribution in [3.8, 4) is 11.6 Å². The lowest BCUT2D eigenvalue weighted by Crippen LogP contribution is -2.42. The maximum Gasteiger partial charge on any atom is 0.278 e.